The SMILES string of the molecule is CC[C@H]1CN2CC[C@H]1C[C@@H]2[C@H](NC(=O)C1c2ccccc2Oc2ccccc21)c1ccnc2ccccc12. The minimum atomic E-state index is -0.425. The fourth-order valence-electron chi connectivity index (χ4n) is 7.19. The summed E-state index contributed by atoms with van der Waals surface area (Å²) in [5, 5.41) is 4.71. The Hall–Kier alpha value is -3.70. The number of rotatable bonds is 5. The van der Waals surface area contributed by atoms with Gasteiger partial charge in [0.15, 0.2) is 0 Å². The maximum Gasteiger partial charge on any atom is 0.232 e. The van der Waals surface area contributed by atoms with Crippen molar-refractivity contribution >= 4 is 16.8 Å². The van der Waals surface area contributed by atoms with Gasteiger partial charge in [0.05, 0.1) is 17.5 Å². The lowest BCUT2D eigenvalue weighted by Crippen LogP contribution is -2.58. The number of hydrogen-bond donors (Lipinski definition) is 1. The van der Waals surface area contributed by atoms with E-state index in [9.17, 15) is 4.79 Å². The van der Waals surface area contributed by atoms with E-state index in [-0.39, 0.29) is 18.0 Å². The Bertz CT molecular complexity index is 1450. The van der Waals surface area contributed by atoms with Crippen LogP contribution in [-0.2, 0) is 4.79 Å². The third-order valence-corrected chi connectivity index (χ3v) is 9.10. The molecule has 0 aliphatic carbocycles. The molecule has 5 atom stereocenters. The molecular weight excluding hydrogens is 470 g/mol. The second-order valence-corrected chi connectivity index (χ2v) is 11.0. The van der Waals surface area contributed by atoms with Gasteiger partial charge in [0.1, 0.15) is 11.5 Å². The summed E-state index contributed by atoms with van der Waals surface area (Å²) < 4.78 is 6.19. The Morgan fingerprint density at radius 1 is 1.00 bits per heavy atom. The number of benzene rings is 3. The Kier molecular flexibility index (Phi) is 5.89. The predicted molar refractivity (Wildman–Crippen MR) is 149 cm³/mol. The topological polar surface area (TPSA) is 54.5 Å². The van der Waals surface area contributed by atoms with Crippen LogP contribution in [0.2, 0.25) is 0 Å². The summed E-state index contributed by atoms with van der Waals surface area (Å²) in [6.07, 6.45) is 5.48. The molecule has 0 spiro atoms. The first-order valence-corrected chi connectivity index (χ1v) is 13.9. The Balaban J connectivity index is 1.31. The number of amides is 1. The number of ether oxygens (including phenoxy) is 1. The van der Waals surface area contributed by atoms with Gasteiger partial charge in [-0.2, -0.15) is 0 Å². The van der Waals surface area contributed by atoms with Crippen LogP contribution in [0.1, 0.15) is 54.8 Å². The molecule has 8 rings (SSSR count). The minimum absolute atomic E-state index is 0.0220. The Labute approximate surface area is 223 Å². The molecule has 3 fully saturated rings. The van der Waals surface area contributed by atoms with Gasteiger partial charge in [-0.25, -0.2) is 0 Å². The van der Waals surface area contributed by atoms with Gasteiger partial charge < -0.3 is 10.1 Å². The van der Waals surface area contributed by atoms with E-state index in [4.69, 9.17) is 4.74 Å². The van der Waals surface area contributed by atoms with Crippen LogP contribution < -0.4 is 10.1 Å². The molecule has 2 bridgehead atoms. The second kappa shape index (κ2) is 9.55. The molecule has 1 N–H and O–H groups in total. The zero-order valence-corrected chi connectivity index (χ0v) is 21.7. The van der Waals surface area contributed by atoms with Crippen molar-refractivity contribution in [2.45, 2.75) is 44.2 Å². The highest BCUT2D eigenvalue weighted by Gasteiger charge is 2.44. The van der Waals surface area contributed by atoms with E-state index >= 15 is 0 Å². The molecular formula is C33H33N3O2. The number of para-hydroxylation sites is 3. The van der Waals surface area contributed by atoms with E-state index < -0.39 is 5.92 Å². The molecule has 1 unspecified atom stereocenters. The van der Waals surface area contributed by atoms with Crippen LogP contribution in [0.5, 0.6) is 11.5 Å². The quantitative estimate of drug-likeness (QED) is 0.340. The maximum atomic E-state index is 14.4. The highest BCUT2D eigenvalue weighted by molar-refractivity contribution is 5.91. The van der Waals surface area contributed by atoms with Crippen molar-refractivity contribution in [3.8, 4) is 11.5 Å². The molecule has 0 radical (unpaired) electrons. The van der Waals surface area contributed by atoms with Crippen molar-refractivity contribution in [1.82, 2.24) is 15.2 Å². The van der Waals surface area contributed by atoms with Crippen LogP contribution in [-0.4, -0.2) is 34.9 Å². The van der Waals surface area contributed by atoms with Gasteiger partial charge in [-0.1, -0.05) is 67.9 Å². The summed E-state index contributed by atoms with van der Waals surface area (Å²) in [5.41, 5.74) is 3.95. The molecule has 3 aromatic carbocycles. The molecule has 38 heavy (non-hydrogen) atoms. The summed E-state index contributed by atoms with van der Waals surface area (Å²) in [7, 11) is 0. The number of piperidine rings is 3. The van der Waals surface area contributed by atoms with Crippen molar-refractivity contribution < 1.29 is 9.53 Å². The monoisotopic (exact) mass is 503 g/mol. The largest absolute Gasteiger partial charge is 0.457 e. The second-order valence-electron chi connectivity index (χ2n) is 11.0. The van der Waals surface area contributed by atoms with E-state index in [1.165, 1.54) is 12.8 Å². The molecule has 1 aromatic heterocycles. The molecule has 5 nitrogen and oxygen atoms in total. The van der Waals surface area contributed by atoms with E-state index in [1.807, 2.05) is 60.8 Å². The molecule has 4 aliphatic heterocycles. The molecule has 1 amide bonds. The smallest absolute Gasteiger partial charge is 0.232 e. The normalized spacial score (nSPS) is 24.8. The molecule has 3 saturated heterocycles. The first-order valence-electron chi connectivity index (χ1n) is 13.9. The van der Waals surface area contributed by atoms with Crippen LogP contribution in [0.3, 0.4) is 0 Å². The van der Waals surface area contributed by atoms with E-state index in [0.717, 1.165) is 64.5 Å². The number of carbonyl (C=O) groups excluding carboxylic acids is 1. The Morgan fingerprint density at radius 2 is 1.71 bits per heavy atom. The van der Waals surface area contributed by atoms with Crippen molar-refractivity contribution in [2.24, 2.45) is 11.8 Å². The fraction of sp³-hybridized carbons (Fsp3) is 0.333. The zero-order valence-electron chi connectivity index (χ0n) is 21.7. The zero-order chi connectivity index (χ0) is 25.6. The van der Waals surface area contributed by atoms with Gasteiger partial charge in [0.25, 0.3) is 0 Å². The van der Waals surface area contributed by atoms with Gasteiger partial charge in [-0.05, 0) is 61.1 Å². The van der Waals surface area contributed by atoms with Crippen LogP contribution in [0.25, 0.3) is 10.9 Å². The lowest BCUT2D eigenvalue weighted by molar-refractivity contribution is -0.124. The van der Waals surface area contributed by atoms with Crippen molar-refractivity contribution in [3.05, 3.63) is 102 Å². The third kappa shape index (κ3) is 3.88. The van der Waals surface area contributed by atoms with Gasteiger partial charge in [-0.3, -0.25) is 14.7 Å². The lowest BCUT2D eigenvalue weighted by atomic mass is 9.72. The van der Waals surface area contributed by atoms with Crippen LogP contribution in [0.4, 0.5) is 0 Å². The Morgan fingerprint density at radius 3 is 2.42 bits per heavy atom. The minimum Gasteiger partial charge on any atom is -0.457 e. The molecule has 4 aliphatic rings. The first-order chi connectivity index (χ1) is 18.7. The number of fused-ring (bicyclic) bond motifs is 6. The first kappa shape index (κ1) is 23.4. The van der Waals surface area contributed by atoms with E-state index in [1.54, 1.807) is 0 Å². The van der Waals surface area contributed by atoms with Gasteiger partial charge in [-0.15, -0.1) is 0 Å². The lowest BCUT2D eigenvalue weighted by Gasteiger charge is -2.52. The van der Waals surface area contributed by atoms with Gasteiger partial charge in [0, 0.05) is 35.3 Å². The molecule has 4 aromatic rings. The highest BCUT2D eigenvalue weighted by atomic mass is 16.5. The maximum absolute atomic E-state index is 14.4. The van der Waals surface area contributed by atoms with E-state index in [0.29, 0.717) is 5.92 Å². The number of pyridine rings is 1. The number of aromatic nitrogens is 1. The fourth-order valence-corrected chi connectivity index (χ4v) is 7.19. The van der Waals surface area contributed by atoms with Crippen molar-refractivity contribution in [1.29, 1.82) is 0 Å². The third-order valence-electron chi connectivity index (χ3n) is 9.10. The number of nitrogens with zero attached hydrogens (tertiary/aromatic N) is 2. The van der Waals surface area contributed by atoms with Gasteiger partial charge in [0.2, 0.25) is 5.91 Å². The molecule has 5 heteroatoms. The summed E-state index contributed by atoms with van der Waals surface area (Å²) in [4.78, 5) is 21.7. The summed E-state index contributed by atoms with van der Waals surface area (Å²) >= 11 is 0. The summed E-state index contributed by atoms with van der Waals surface area (Å²) in [5.74, 6) is 2.57. The van der Waals surface area contributed by atoms with Crippen LogP contribution in [0, 0.1) is 11.8 Å². The van der Waals surface area contributed by atoms with E-state index in [2.05, 4.69) is 46.4 Å². The highest BCUT2D eigenvalue weighted by Crippen LogP contribution is 2.46. The van der Waals surface area contributed by atoms with Crippen LogP contribution in [0.15, 0.2) is 85.1 Å². The predicted octanol–water partition coefficient (Wildman–Crippen LogP) is 6.45. The molecule has 192 valence electrons. The standard InChI is InChI=1S/C33H33N3O2/c1-2-21-20-36-18-16-22(21)19-28(36)32(24-15-17-34-27-12-6-3-9-23(24)27)35-33(37)31-25-10-4-7-13-29(25)38-30-14-8-5-11-26(30)31/h3-15,17,21-22,28,31-32H,2,16,18-20H2,1H3,(H,35,37)/t21-,22-,28+,32+/m0/s1. The summed E-state index contributed by atoms with van der Waals surface area (Å²) in [6, 6.07) is 26.4. The van der Waals surface area contributed by atoms with Crippen molar-refractivity contribution in [3.63, 3.8) is 0 Å². The number of hydrogen-bond acceptors (Lipinski definition) is 4. The number of carbonyl (C=O) groups is 1. The van der Waals surface area contributed by atoms with Crippen LogP contribution >= 0.6 is 0 Å². The number of nitrogens with one attached hydrogen (secondary N) is 1. The average Bonchev–Trinajstić information content (AvgIpc) is 2.98. The summed E-state index contributed by atoms with van der Waals surface area (Å²) in [6.45, 7) is 4.53. The van der Waals surface area contributed by atoms with Crippen molar-refractivity contribution in [2.75, 3.05) is 13.1 Å². The van der Waals surface area contributed by atoms with Gasteiger partial charge >= 0.3 is 0 Å². The average molecular weight is 504 g/mol. The molecule has 5 heterocycles. The molecule has 0 saturated carbocycles.